The third kappa shape index (κ3) is 2.45. The molecule has 130 valence electrons. The summed E-state index contributed by atoms with van der Waals surface area (Å²) in [6.07, 6.45) is 0. The molecule has 1 aromatic heterocycles. The van der Waals surface area contributed by atoms with Crippen LogP contribution in [-0.2, 0) is 0 Å². The lowest BCUT2D eigenvalue weighted by Crippen LogP contribution is -2.32. The number of amides is 2. The maximum Gasteiger partial charge on any atom is 0.262 e. The molecule has 1 aliphatic rings. The number of methoxy groups -OCH3 is 1. The number of carbonyl (C=O) groups excluding carboxylic acids is 2. The van der Waals surface area contributed by atoms with Crippen molar-refractivity contribution in [2.45, 2.75) is 13.0 Å². The van der Waals surface area contributed by atoms with Gasteiger partial charge in [-0.25, -0.2) is 0 Å². The van der Waals surface area contributed by atoms with Crippen LogP contribution in [0.4, 0.5) is 0 Å². The van der Waals surface area contributed by atoms with Gasteiger partial charge in [0.1, 0.15) is 11.8 Å². The summed E-state index contributed by atoms with van der Waals surface area (Å²) in [5, 5.41) is 3.96. The molecule has 0 spiro atoms. The highest BCUT2D eigenvalue weighted by Crippen LogP contribution is 2.31. The van der Waals surface area contributed by atoms with Crippen LogP contribution in [-0.4, -0.2) is 34.0 Å². The van der Waals surface area contributed by atoms with Crippen molar-refractivity contribution in [3.05, 3.63) is 65.5 Å². The highest BCUT2D eigenvalue weighted by Gasteiger charge is 2.40. The van der Waals surface area contributed by atoms with Gasteiger partial charge in [-0.1, -0.05) is 29.4 Å². The summed E-state index contributed by atoms with van der Waals surface area (Å²) >= 11 is 0. The first-order chi connectivity index (χ1) is 12.6. The molecule has 1 aliphatic heterocycles. The summed E-state index contributed by atoms with van der Waals surface area (Å²) in [4.78, 5) is 30.7. The van der Waals surface area contributed by atoms with Crippen LogP contribution in [0.15, 0.2) is 53.1 Å². The average molecular weight is 349 g/mol. The summed E-state index contributed by atoms with van der Waals surface area (Å²) < 4.78 is 10.5. The van der Waals surface area contributed by atoms with Crippen LogP contribution in [0.5, 0.6) is 5.75 Å². The zero-order valence-corrected chi connectivity index (χ0v) is 14.2. The van der Waals surface area contributed by atoms with Crippen LogP contribution in [0.1, 0.15) is 39.6 Å². The number of hydrogen-bond acceptors (Lipinski definition) is 6. The van der Waals surface area contributed by atoms with Gasteiger partial charge in [-0.3, -0.25) is 14.5 Å². The number of aromatic nitrogens is 2. The number of fused-ring (bicyclic) bond motifs is 1. The number of rotatable bonds is 4. The van der Waals surface area contributed by atoms with E-state index < -0.39 is 6.04 Å². The molecule has 1 atom stereocenters. The van der Waals surface area contributed by atoms with Crippen molar-refractivity contribution in [1.29, 1.82) is 0 Å². The molecule has 26 heavy (non-hydrogen) atoms. The molecule has 2 heterocycles. The Labute approximate surface area is 149 Å². The van der Waals surface area contributed by atoms with E-state index in [1.165, 1.54) is 0 Å². The smallest absolute Gasteiger partial charge is 0.262 e. The summed E-state index contributed by atoms with van der Waals surface area (Å²) in [6, 6.07) is 13.3. The molecule has 2 amide bonds. The molecule has 0 bridgehead atoms. The first kappa shape index (κ1) is 16.0. The van der Waals surface area contributed by atoms with Gasteiger partial charge in [0, 0.05) is 5.56 Å². The van der Waals surface area contributed by atoms with E-state index >= 15 is 0 Å². The van der Waals surface area contributed by atoms with Crippen LogP contribution in [0.25, 0.3) is 11.4 Å². The number of carbonyl (C=O) groups is 2. The van der Waals surface area contributed by atoms with Crippen molar-refractivity contribution in [2.24, 2.45) is 0 Å². The highest BCUT2D eigenvalue weighted by molar-refractivity contribution is 6.21. The Kier molecular flexibility index (Phi) is 3.76. The van der Waals surface area contributed by atoms with Crippen LogP contribution < -0.4 is 4.74 Å². The summed E-state index contributed by atoms with van der Waals surface area (Å²) in [5.74, 6) is 0.500. The van der Waals surface area contributed by atoms with Gasteiger partial charge in [0.2, 0.25) is 11.7 Å². The van der Waals surface area contributed by atoms with Crippen molar-refractivity contribution in [3.63, 3.8) is 0 Å². The summed E-state index contributed by atoms with van der Waals surface area (Å²) in [7, 11) is 1.57. The minimum absolute atomic E-state index is 0.192. The van der Waals surface area contributed by atoms with Gasteiger partial charge < -0.3 is 9.26 Å². The molecule has 0 saturated carbocycles. The van der Waals surface area contributed by atoms with Gasteiger partial charge >= 0.3 is 0 Å². The van der Waals surface area contributed by atoms with Crippen LogP contribution in [0, 0.1) is 0 Å². The van der Waals surface area contributed by atoms with E-state index in [9.17, 15) is 9.59 Å². The van der Waals surface area contributed by atoms with E-state index in [4.69, 9.17) is 9.26 Å². The van der Waals surface area contributed by atoms with Crippen molar-refractivity contribution in [1.82, 2.24) is 15.0 Å². The van der Waals surface area contributed by atoms with E-state index in [0.29, 0.717) is 28.3 Å². The second-order valence-corrected chi connectivity index (χ2v) is 5.89. The lowest BCUT2D eigenvalue weighted by molar-refractivity contribution is 0.0568. The first-order valence-corrected chi connectivity index (χ1v) is 8.05. The number of benzene rings is 2. The lowest BCUT2D eigenvalue weighted by Gasteiger charge is -2.18. The molecule has 0 N–H and O–H groups in total. The quantitative estimate of drug-likeness (QED) is 0.673. The van der Waals surface area contributed by atoms with E-state index in [2.05, 4.69) is 10.1 Å². The minimum Gasteiger partial charge on any atom is -0.497 e. The molecule has 0 radical (unpaired) electrons. The third-order valence-corrected chi connectivity index (χ3v) is 4.34. The molecule has 0 aliphatic carbocycles. The largest absolute Gasteiger partial charge is 0.497 e. The maximum atomic E-state index is 12.6. The SMILES string of the molecule is COc1cccc(-c2noc(C(C)N3C(=O)c4ccccc4C3=O)n2)c1. The standard InChI is InChI=1S/C19H15N3O4/c1-11(22-18(23)14-8-3-4-9-15(14)19(22)24)17-20-16(21-26-17)12-6-5-7-13(10-12)25-2/h3-11H,1-2H3. The van der Waals surface area contributed by atoms with Crippen LogP contribution in [0.2, 0.25) is 0 Å². The van der Waals surface area contributed by atoms with Crippen LogP contribution in [0.3, 0.4) is 0 Å². The highest BCUT2D eigenvalue weighted by atomic mass is 16.5. The number of nitrogens with zero attached hydrogens (tertiary/aromatic N) is 3. The molecule has 0 saturated heterocycles. The average Bonchev–Trinajstić information content (AvgIpc) is 3.26. The van der Waals surface area contributed by atoms with E-state index in [-0.39, 0.29) is 17.7 Å². The van der Waals surface area contributed by atoms with Gasteiger partial charge in [0.05, 0.1) is 18.2 Å². The Hall–Kier alpha value is -3.48. The fourth-order valence-corrected chi connectivity index (χ4v) is 2.95. The van der Waals surface area contributed by atoms with E-state index in [1.54, 1.807) is 44.4 Å². The van der Waals surface area contributed by atoms with Gasteiger partial charge in [-0.05, 0) is 31.2 Å². The van der Waals surface area contributed by atoms with Crippen molar-refractivity contribution >= 4 is 11.8 Å². The van der Waals surface area contributed by atoms with Gasteiger partial charge in [-0.2, -0.15) is 4.98 Å². The number of imide groups is 1. The Bertz CT molecular complexity index is 976. The molecular weight excluding hydrogens is 334 g/mol. The molecule has 1 unspecified atom stereocenters. The molecular formula is C19H15N3O4. The predicted molar refractivity (Wildman–Crippen MR) is 91.6 cm³/mol. The Balaban J connectivity index is 1.64. The van der Waals surface area contributed by atoms with Crippen molar-refractivity contribution < 1.29 is 18.8 Å². The normalized spacial score (nSPS) is 14.5. The zero-order valence-electron chi connectivity index (χ0n) is 14.2. The second kappa shape index (κ2) is 6.11. The van der Waals surface area contributed by atoms with Gasteiger partial charge in [0.25, 0.3) is 11.8 Å². The van der Waals surface area contributed by atoms with E-state index in [1.807, 2.05) is 18.2 Å². The Morgan fingerprint density at radius 2 is 1.73 bits per heavy atom. The van der Waals surface area contributed by atoms with E-state index in [0.717, 1.165) is 4.90 Å². The fraction of sp³-hybridized carbons (Fsp3) is 0.158. The molecule has 7 nitrogen and oxygen atoms in total. The maximum absolute atomic E-state index is 12.6. The predicted octanol–water partition coefficient (Wildman–Crippen LogP) is 3.10. The monoisotopic (exact) mass is 349 g/mol. The number of hydrogen-bond donors (Lipinski definition) is 0. The summed E-state index contributed by atoms with van der Waals surface area (Å²) in [5.41, 5.74) is 1.49. The molecule has 2 aromatic carbocycles. The van der Waals surface area contributed by atoms with Gasteiger partial charge in [-0.15, -0.1) is 0 Å². The zero-order chi connectivity index (χ0) is 18.3. The fourth-order valence-electron chi connectivity index (χ4n) is 2.95. The van der Waals surface area contributed by atoms with Crippen molar-refractivity contribution in [3.8, 4) is 17.1 Å². The summed E-state index contributed by atoms with van der Waals surface area (Å²) in [6.45, 7) is 1.69. The number of ether oxygens (including phenoxy) is 1. The minimum atomic E-state index is -0.672. The molecule has 7 heteroatoms. The molecule has 0 fully saturated rings. The topological polar surface area (TPSA) is 85.5 Å². The Morgan fingerprint density at radius 3 is 2.38 bits per heavy atom. The van der Waals surface area contributed by atoms with Crippen LogP contribution >= 0.6 is 0 Å². The second-order valence-electron chi connectivity index (χ2n) is 5.89. The third-order valence-electron chi connectivity index (χ3n) is 4.34. The first-order valence-electron chi connectivity index (χ1n) is 8.05. The van der Waals surface area contributed by atoms with Gasteiger partial charge in [0.15, 0.2) is 0 Å². The molecule has 4 rings (SSSR count). The molecule has 3 aromatic rings. The lowest BCUT2D eigenvalue weighted by atomic mass is 10.1. The van der Waals surface area contributed by atoms with Crippen molar-refractivity contribution in [2.75, 3.05) is 7.11 Å². The Morgan fingerprint density at radius 1 is 1.04 bits per heavy atom.